The van der Waals surface area contributed by atoms with Gasteiger partial charge in [0.25, 0.3) is 5.91 Å². The molecule has 3 rings (SSSR count). The molecule has 0 fully saturated rings. The molecule has 0 spiro atoms. The largest absolute Gasteiger partial charge is 0.484 e. The van der Waals surface area contributed by atoms with E-state index in [1.54, 1.807) is 6.21 Å². The number of hydrogen-bond donors (Lipinski definition) is 1. The van der Waals surface area contributed by atoms with Gasteiger partial charge in [0.15, 0.2) is 6.61 Å². The summed E-state index contributed by atoms with van der Waals surface area (Å²) in [6, 6.07) is 24.4. The van der Waals surface area contributed by atoms with Gasteiger partial charge in [-0.15, -0.1) is 0 Å². The maximum Gasteiger partial charge on any atom is 0.277 e. The first-order valence-corrected chi connectivity index (χ1v) is 9.30. The number of amides is 1. The SMILES string of the molecule is O=C(COc1ccc(I)cc1)N/N=C/c1cccc(Oc2ccccc2)c1. The summed E-state index contributed by atoms with van der Waals surface area (Å²) in [6.07, 6.45) is 1.56. The van der Waals surface area contributed by atoms with E-state index in [9.17, 15) is 4.79 Å². The molecular weight excluding hydrogens is 455 g/mol. The Kier molecular flexibility index (Phi) is 6.81. The maximum absolute atomic E-state index is 11.8. The van der Waals surface area contributed by atoms with Crippen molar-refractivity contribution < 1.29 is 14.3 Å². The molecule has 0 aromatic heterocycles. The molecule has 1 N–H and O–H groups in total. The smallest absolute Gasteiger partial charge is 0.277 e. The number of rotatable bonds is 7. The van der Waals surface area contributed by atoms with Gasteiger partial charge in [-0.2, -0.15) is 5.10 Å². The van der Waals surface area contributed by atoms with Gasteiger partial charge in [0.2, 0.25) is 0 Å². The Labute approximate surface area is 171 Å². The molecule has 3 aromatic carbocycles. The highest BCUT2D eigenvalue weighted by molar-refractivity contribution is 14.1. The van der Waals surface area contributed by atoms with E-state index in [2.05, 4.69) is 33.1 Å². The number of benzene rings is 3. The quantitative estimate of drug-likeness (QED) is 0.311. The monoisotopic (exact) mass is 472 g/mol. The summed E-state index contributed by atoms with van der Waals surface area (Å²) in [4.78, 5) is 11.8. The molecule has 3 aromatic rings. The predicted molar refractivity (Wildman–Crippen MR) is 113 cm³/mol. The average molecular weight is 472 g/mol. The van der Waals surface area contributed by atoms with Crippen molar-refractivity contribution in [3.8, 4) is 17.2 Å². The van der Waals surface area contributed by atoms with Crippen molar-refractivity contribution in [2.75, 3.05) is 6.61 Å². The van der Waals surface area contributed by atoms with Gasteiger partial charge >= 0.3 is 0 Å². The lowest BCUT2D eigenvalue weighted by Gasteiger charge is -2.06. The van der Waals surface area contributed by atoms with E-state index in [0.29, 0.717) is 11.5 Å². The van der Waals surface area contributed by atoms with Crippen molar-refractivity contribution in [3.63, 3.8) is 0 Å². The van der Waals surface area contributed by atoms with Crippen LogP contribution in [0.4, 0.5) is 0 Å². The molecule has 5 nitrogen and oxygen atoms in total. The standard InChI is InChI=1S/C21H17IN2O3/c22-17-9-11-18(12-10-17)26-15-21(25)24-23-14-16-5-4-8-20(13-16)27-19-6-2-1-3-7-19/h1-14H,15H2,(H,24,25)/b23-14+. The molecule has 0 heterocycles. The van der Waals surface area contributed by atoms with E-state index in [1.165, 1.54) is 0 Å². The summed E-state index contributed by atoms with van der Waals surface area (Å²) in [6.45, 7) is -0.102. The van der Waals surface area contributed by atoms with Crippen LogP contribution in [0.15, 0.2) is 84.0 Å². The number of halogens is 1. The van der Waals surface area contributed by atoms with E-state index in [0.717, 1.165) is 14.9 Å². The second-order valence-corrected chi connectivity index (χ2v) is 6.77. The van der Waals surface area contributed by atoms with Crippen molar-refractivity contribution in [2.24, 2.45) is 5.10 Å². The first-order chi connectivity index (χ1) is 13.2. The van der Waals surface area contributed by atoms with E-state index in [4.69, 9.17) is 9.47 Å². The minimum absolute atomic E-state index is 0.102. The summed E-state index contributed by atoms with van der Waals surface area (Å²) >= 11 is 2.21. The van der Waals surface area contributed by atoms with Gasteiger partial charge in [0, 0.05) is 3.57 Å². The summed E-state index contributed by atoms with van der Waals surface area (Å²) in [5.41, 5.74) is 3.25. The molecule has 136 valence electrons. The minimum Gasteiger partial charge on any atom is -0.484 e. The van der Waals surface area contributed by atoms with Crippen molar-refractivity contribution in [3.05, 3.63) is 88.0 Å². The molecule has 0 aliphatic carbocycles. The number of para-hydroxylation sites is 1. The van der Waals surface area contributed by atoms with E-state index < -0.39 is 0 Å². The fourth-order valence-corrected chi connectivity index (χ4v) is 2.53. The summed E-state index contributed by atoms with van der Waals surface area (Å²) in [7, 11) is 0. The topological polar surface area (TPSA) is 59.9 Å². The van der Waals surface area contributed by atoms with Crippen LogP contribution in [0.3, 0.4) is 0 Å². The molecule has 0 saturated heterocycles. The van der Waals surface area contributed by atoms with Crippen LogP contribution in [0.1, 0.15) is 5.56 Å². The molecule has 6 heteroatoms. The lowest BCUT2D eigenvalue weighted by molar-refractivity contribution is -0.123. The van der Waals surface area contributed by atoms with Gasteiger partial charge in [-0.05, 0) is 76.7 Å². The number of carbonyl (C=O) groups excluding carboxylic acids is 1. The number of nitrogens with one attached hydrogen (secondary N) is 1. The lowest BCUT2D eigenvalue weighted by Crippen LogP contribution is -2.24. The second-order valence-electron chi connectivity index (χ2n) is 5.52. The Morgan fingerprint density at radius 3 is 2.44 bits per heavy atom. The van der Waals surface area contributed by atoms with Gasteiger partial charge in [-0.3, -0.25) is 4.79 Å². The molecule has 1 amide bonds. The number of carbonyl (C=O) groups is 1. The second kappa shape index (κ2) is 9.72. The van der Waals surface area contributed by atoms with Gasteiger partial charge in [0.1, 0.15) is 17.2 Å². The lowest BCUT2D eigenvalue weighted by atomic mass is 10.2. The van der Waals surface area contributed by atoms with E-state index >= 15 is 0 Å². The zero-order chi connectivity index (χ0) is 18.9. The summed E-state index contributed by atoms with van der Waals surface area (Å²) < 4.78 is 12.3. The van der Waals surface area contributed by atoms with E-state index in [-0.39, 0.29) is 12.5 Å². The molecule has 0 radical (unpaired) electrons. The van der Waals surface area contributed by atoms with Crippen LogP contribution in [0, 0.1) is 3.57 Å². The molecular formula is C21H17IN2O3. The van der Waals surface area contributed by atoms with Crippen molar-refractivity contribution in [1.29, 1.82) is 0 Å². The van der Waals surface area contributed by atoms with Crippen LogP contribution in [-0.4, -0.2) is 18.7 Å². The Morgan fingerprint density at radius 2 is 1.67 bits per heavy atom. The number of ether oxygens (including phenoxy) is 2. The number of nitrogens with zero attached hydrogens (tertiary/aromatic N) is 1. The highest BCUT2D eigenvalue weighted by Gasteiger charge is 2.02. The van der Waals surface area contributed by atoms with Gasteiger partial charge in [-0.1, -0.05) is 30.3 Å². The normalized spacial score (nSPS) is 10.6. The third-order valence-electron chi connectivity index (χ3n) is 3.42. The third-order valence-corrected chi connectivity index (χ3v) is 4.14. The van der Waals surface area contributed by atoms with Crippen LogP contribution in [-0.2, 0) is 4.79 Å². The first kappa shape index (κ1) is 18.9. The van der Waals surface area contributed by atoms with Gasteiger partial charge in [-0.25, -0.2) is 5.43 Å². The molecule has 0 bridgehead atoms. The molecule has 0 unspecified atom stereocenters. The molecule has 27 heavy (non-hydrogen) atoms. The zero-order valence-electron chi connectivity index (χ0n) is 14.3. The van der Waals surface area contributed by atoms with Crippen molar-refractivity contribution >= 4 is 34.7 Å². The molecule has 0 saturated carbocycles. The van der Waals surface area contributed by atoms with Crippen LogP contribution >= 0.6 is 22.6 Å². The number of hydrazone groups is 1. The Morgan fingerprint density at radius 1 is 0.926 bits per heavy atom. The first-order valence-electron chi connectivity index (χ1n) is 8.22. The zero-order valence-corrected chi connectivity index (χ0v) is 16.5. The number of hydrogen-bond acceptors (Lipinski definition) is 4. The molecule has 0 atom stereocenters. The minimum atomic E-state index is -0.332. The molecule has 0 aliphatic heterocycles. The summed E-state index contributed by atoms with van der Waals surface area (Å²) in [5.74, 6) is 1.76. The van der Waals surface area contributed by atoms with E-state index in [1.807, 2.05) is 78.9 Å². The highest BCUT2D eigenvalue weighted by Crippen LogP contribution is 2.21. The average Bonchev–Trinajstić information content (AvgIpc) is 2.69. The van der Waals surface area contributed by atoms with Gasteiger partial charge in [0.05, 0.1) is 6.21 Å². The highest BCUT2D eigenvalue weighted by atomic mass is 127. The van der Waals surface area contributed by atoms with Crippen molar-refractivity contribution in [1.82, 2.24) is 5.43 Å². The Bertz CT molecular complexity index is 912. The Hall–Kier alpha value is -2.87. The maximum atomic E-state index is 11.8. The van der Waals surface area contributed by atoms with Crippen molar-refractivity contribution in [2.45, 2.75) is 0 Å². The predicted octanol–water partition coefficient (Wildman–Crippen LogP) is 4.61. The van der Waals surface area contributed by atoms with Crippen LogP contribution in [0.25, 0.3) is 0 Å². The van der Waals surface area contributed by atoms with Crippen LogP contribution < -0.4 is 14.9 Å². The summed E-state index contributed by atoms with van der Waals surface area (Å²) in [5, 5.41) is 3.95. The van der Waals surface area contributed by atoms with Crippen LogP contribution in [0.2, 0.25) is 0 Å². The van der Waals surface area contributed by atoms with Crippen LogP contribution in [0.5, 0.6) is 17.2 Å². The third kappa shape index (κ3) is 6.41. The fourth-order valence-electron chi connectivity index (χ4n) is 2.17. The molecule has 0 aliphatic rings. The van der Waals surface area contributed by atoms with Gasteiger partial charge < -0.3 is 9.47 Å². The fraction of sp³-hybridized carbons (Fsp3) is 0.0476. The Balaban J connectivity index is 1.49.